The second kappa shape index (κ2) is 7.89. The van der Waals surface area contributed by atoms with Crippen LogP contribution in [0, 0.1) is 5.41 Å². The van der Waals surface area contributed by atoms with E-state index in [0.29, 0.717) is 28.0 Å². The fourth-order valence-corrected chi connectivity index (χ4v) is 2.73. The standard InChI is InChI=1S/C23H24O5/c1-5-26-22(25)20-17-13-16(27-14-19(24)23(2,3)4)11-12-18(17)28-21(20)15-9-7-6-8-10-15/h6-13H,5,14H2,1-4H3. The fraction of sp³-hybridized carbons (Fsp3) is 0.304. The number of Topliss-reactive ketones (excluding diaryl/α,β-unsaturated/α-hetero) is 1. The monoisotopic (exact) mass is 380 g/mol. The molecule has 0 aliphatic heterocycles. The molecule has 1 aromatic heterocycles. The average Bonchev–Trinajstić information content (AvgIpc) is 3.05. The Labute approximate surface area is 164 Å². The van der Waals surface area contributed by atoms with Crippen molar-refractivity contribution in [2.45, 2.75) is 27.7 Å². The molecule has 0 aliphatic carbocycles. The lowest BCUT2D eigenvalue weighted by atomic mass is 9.91. The van der Waals surface area contributed by atoms with E-state index >= 15 is 0 Å². The van der Waals surface area contributed by atoms with E-state index in [4.69, 9.17) is 13.9 Å². The smallest absolute Gasteiger partial charge is 0.342 e. The van der Waals surface area contributed by atoms with Crippen molar-refractivity contribution in [3.63, 3.8) is 0 Å². The summed E-state index contributed by atoms with van der Waals surface area (Å²) in [5.74, 6) is 0.492. The third kappa shape index (κ3) is 4.09. The number of carbonyl (C=O) groups is 2. The summed E-state index contributed by atoms with van der Waals surface area (Å²) in [6.07, 6.45) is 0. The lowest BCUT2D eigenvalue weighted by molar-refractivity contribution is -0.128. The number of furan rings is 1. The Hall–Kier alpha value is -3.08. The minimum atomic E-state index is -0.476. The topological polar surface area (TPSA) is 65.7 Å². The molecular weight excluding hydrogens is 356 g/mol. The summed E-state index contributed by atoms with van der Waals surface area (Å²) in [6.45, 7) is 7.53. The SMILES string of the molecule is CCOC(=O)c1c(-c2ccccc2)oc2ccc(OCC(=O)C(C)(C)C)cc12. The van der Waals surface area contributed by atoms with E-state index < -0.39 is 11.4 Å². The first-order chi connectivity index (χ1) is 13.3. The van der Waals surface area contributed by atoms with Gasteiger partial charge in [0.25, 0.3) is 0 Å². The summed E-state index contributed by atoms with van der Waals surface area (Å²) in [4.78, 5) is 24.8. The van der Waals surface area contributed by atoms with Crippen LogP contribution in [0.2, 0.25) is 0 Å². The molecule has 0 spiro atoms. The van der Waals surface area contributed by atoms with Crippen molar-refractivity contribution in [2.24, 2.45) is 5.41 Å². The summed E-state index contributed by atoms with van der Waals surface area (Å²) >= 11 is 0. The predicted molar refractivity (Wildman–Crippen MR) is 108 cm³/mol. The molecule has 0 aliphatic rings. The maximum absolute atomic E-state index is 12.6. The maximum Gasteiger partial charge on any atom is 0.342 e. The van der Waals surface area contributed by atoms with Gasteiger partial charge < -0.3 is 13.9 Å². The van der Waals surface area contributed by atoms with Gasteiger partial charge in [-0.3, -0.25) is 4.79 Å². The number of rotatable bonds is 6. The van der Waals surface area contributed by atoms with Crippen molar-refractivity contribution in [3.05, 3.63) is 54.1 Å². The van der Waals surface area contributed by atoms with Gasteiger partial charge in [0.2, 0.25) is 0 Å². The van der Waals surface area contributed by atoms with Gasteiger partial charge in [-0.15, -0.1) is 0 Å². The molecule has 5 nitrogen and oxygen atoms in total. The molecule has 3 rings (SSSR count). The van der Waals surface area contributed by atoms with Crippen molar-refractivity contribution in [1.82, 2.24) is 0 Å². The molecule has 0 bridgehead atoms. The predicted octanol–water partition coefficient (Wildman–Crippen LogP) is 5.27. The molecule has 0 N–H and O–H groups in total. The van der Waals surface area contributed by atoms with Gasteiger partial charge in [0.1, 0.15) is 29.3 Å². The van der Waals surface area contributed by atoms with E-state index in [1.807, 2.05) is 51.1 Å². The highest BCUT2D eigenvalue weighted by atomic mass is 16.5. The van der Waals surface area contributed by atoms with Crippen LogP contribution < -0.4 is 4.74 Å². The fourth-order valence-electron chi connectivity index (χ4n) is 2.73. The largest absolute Gasteiger partial charge is 0.486 e. The minimum absolute atomic E-state index is 0.00428. The van der Waals surface area contributed by atoms with Gasteiger partial charge in [-0.2, -0.15) is 0 Å². The minimum Gasteiger partial charge on any atom is -0.486 e. The van der Waals surface area contributed by atoms with Crippen LogP contribution in [0.25, 0.3) is 22.3 Å². The molecule has 0 unspecified atom stereocenters. The Kier molecular flexibility index (Phi) is 5.54. The Balaban J connectivity index is 2.03. The van der Waals surface area contributed by atoms with E-state index in [2.05, 4.69) is 0 Å². The number of hydrogen-bond donors (Lipinski definition) is 0. The lowest BCUT2D eigenvalue weighted by Crippen LogP contribution is -2.26. The van der Waals surface area contributed by atoms with Crippen LogP contribution in [0.3, 0.4) is 0 Å². The highest BCUT2D eigenvalue weighted by Crippen LogP contribution is 2.36. The van der Waals surface area contributed by atoms with Crippen molar-refractivity contribution in [3.8, 4) is 17.1 Å². The van der Waals surface area contributed by atoms with E-state index in [9.17, 15) is 9.59 Å². The summed E-state index contributed by atoms with van der Waals surface area (Å²) < 4.78 is 16.9. The van der Waals surface area contributed by atoms with Crippen LogP contribution in [0.4, 0.5) is 0 Å². The number of ether oxygens (including phenoxy) is 2. The van der Waals surface area contributed by atoms with Crippen molar-refractivity contribution in [1.29, 1.82) is 0 Å². The van der Waals surface area contributed by atoms with E-state index in [1.54, 1.807) is 25.1 Å². The first-order valence-electron chi connectivity index (χ1n) is 9.26. The molecule has 146 valence electrons. The molecule has 0 radical (unpaired) electrons. The molecule has 5 heteroatoms. The van der Waals surface area contributed by atoms with Crippen LogP contribution in [0.15, 0.2) is 52.9 Å². The van der Waals surface area contributed by atoms with Gasteiger partial charge in [0.15, 0.2) is 5.78 Å². The van der Waals surface area contributed by atoms with Crippen molar-refractivity contribution in [2.75, 3.05) is 13.2 Å². The number of carbonyl (C=O) groups excluding carboxylic acids is 2. The molecule has 0 saturated heterocycles. The van der Waals surface area contributed by atoms with Gasteiger partial charge in [-0.1, -0.05) is 51.1 Å². The number of benzene rings is 2. The normalized spacial score (nSPS) is 11.4. The Morgan fingerprint density at radius 1 is 1.04 bits per heavy atom. The number of fused-ring (bicyclic) bond motifs is 1. The third-order valence-corrected chi connectivity index (χ3v) is 4.38. The highest BCUT2D eigenvalue weighted by Gasteiger charge is 2.25. The van der Waals surface area contributed by atoms with Gasteiger partial charge in [-0.25, -0.2) is 4.79 Å². The summed E-state index contributed by atoms with van der Waals surface area (Å²) in [6, 6.07) is 14.6. The van der Waals surface area contributed by atoms with Crippen LogP contribution >= 0.6 is 0 Å². The van der Waals surface area contributed by atoms with E-state index in [-0.39, 0.29) is 19.0 Å². The second-order valence-electron chi connectivity index (χ2n) is 7.51. The van der Waals surface area contributed by atoms with Crippen molar-refractivity contribution >= 4 is 22.7 Å². The number of ketones is 1. The quantitative estimate of drug-likeness (QED) is 0.545. The molecular formula is C23H24O5. The summed E-state index contributed by atoms with van der Waals surface area (Å²) in [7, 11) is 0. The first-order valence-corrected chi connectivity index (χ1v) is 9.26. The zero-order valence-corrected chi connectivity index (χ0v) is 16.6. The number of esters is 1. The van der Waals surface area contributed by atoms with Gasteiger partial charge in [-0.05, 0) is 25.1 Å². The average molecular weight is 380 g/mol. The summed E-state index contributed by atoms with van der Waals surface area (Å²) in [5, 5.41) is 0.595. The lowest BCUT2D eigenvalue weighted by Gasteiger charge is -2.16. The zero-order valence-electron chi connectivity index (χ0n) is 16.6. The van der Waals surface area contributed by atoms with Gasteiger partial charge in [0.05, 0.1) is 6.61 Å². The van der Waals surface area contributed by atoms with Crippen LogP contribution in [0.1, 0.15) is 38.1 Å². The molecule has 0 amide bonds. The highest BCUT2D eigenvalue weighted by molar-refractivity contribution is 6.09. The first kappa shape index (κ1) is 19.7. The molecule has 0 saturated carbocycles. The molecule has 1 heterocycles. The molecule has 2 aromatic carbocycles. The number of hydrogen-bond acceptors (Lipinski definition) is 5. The van der Waals surface area contributed by atoms with Crippen LogP contribution in [-0.2, 0) is 9.53 Å². The third-order valence-electron chi connectivity index (χ3n) is 4.38. The van der Waals surface area contributed by atoms with Gasteiger partial charge >= 0.3 is 5.97 Å². The Morgan fingerprint density at radius 2 is 1.75 bits per heavy atom. The molecule has 0 fully saturated rings. The van der Waals surface area contributed by atoms with Gasteiger partial charge in [0, 0.05) is 16.4 Å². The molecule has 3 aromatic rings. The summed E-state index contributed by atoms with van der Waals surface area (Å²) in [5.41, 5.74) is 1.22. The van der Waals surface area contributed by atoms with Crippen LogP contribution in [-0.4, -0.2) is 25.0 Å². The maximum atomic E-state index is 12.6. The van der Waals surface area contributed by atoms with Crippen LogP contribution in [0.5, 0.6) is 5.75 Å². The zero-order chi connectivity index (χ0) is 20.3. The van der Waals surface area contributed by atoms with E-state index in [0.717, 1.165) is 5.56 Å². The second-order valence-corrected chi connectivity index (χ2v) is 7.51. The Morgan fingerprint density at radius 3 is 2.39 bits per heavy atom. The van der Waals surface area contributed by atoms with Crippen molar-refractivity contribution < 1.29 is 23.5 Å². The molecule has 28 heavy (non-hydrogen) atoms. The molecule has 0 atom stereocenters. The Bertz CT molecular complexity index is 993. The van der Waals surface area contributed by atoms with E-state index in [1.165, 1.54) is 0 Å².